The minimum absolute atomic E-state index is 0.159. The number of allylic oxidation sites excluding steroid dienone is 1. The molecule has 0 aliphatic heterocycles. The van der Waals surface area contributed by atoms with Gasteiger partial charge in [-0.3, -0.25) is 4.79 Å². The molecule has 1 fully saturated rings. The zero-order valence-electron chi connectivity index (χ0n) is 14.1. The van der Waals surface area contributed by atoms with Crippen LogP contribution in [0.4, 0.5) is 8.78 Å². The van der Waals surface area contributed by atoms with Crippen LogP contribution in [0.25, 0.3) is 17.1 Å². The van der Waals surface area contributed by atoms with Gasteiger partial charge in [0.2, 0.25) is 11.8 Å². The molecule has 1 aliphatic carbocycles. The number of carbonyl (C=O) groups excluding carboxylic acids is 1. The van der Waals surface area contributed by atoms with Gasteiger partial charge in [-0.05, 0) is 12.8 Å². The van der Waals surface area contributed by atoms with Crippen molar-refractivity contribution in [1.29, 1.82) is 0 Å². The van der Waals surface area contributed by atoms with Gasteiger partial charge < -0.3 is 9.72 Å². The Morgan fingerprint density at radius 3 is 2.88 bits per heavy atom. The number of ether oxygens (including phenoxy) is 1. The van der Waals surface area contributed by atoms with Crippen molar-refractivity contribution in [3.8, 4) is 5.88 Å². The summed E-state index contributed by atoms with van der Waals surface area (Å²) in [5, 5.41) is 0.708. The standard InChI is InChI=1S/C18H21F2N3O2/c1-2-13(24)5-3-4-12-10-21-16-15(12)17(23-11-22-16)25-14-6-8-18(19,20)9-7-14/h3-4,10-11,14H,2,5-9H2,1H3,(H,21,22,23)/b4-3+. The SMILES string of the molecule is CCC(=O)C/C=C/c1c[nH]c2ncnc(OC3CCC(F)(F)CC3)c12. The number of Topliss-reactive ketones (excluding diaryl/α,β-unsaturated/α-hetero) is 1. The third kappa shape index (κ3) is 4.21. The summed E-state index contributed by atoms with van der Waals surface area (Å²) in [7, 11) is 0. The molecule has 134 valence electrons. The Labute approximate surface area is 144 Å². The Morgan fingerprint density at radius 2 is 2.16 bits per heavy atom. The Hall–Kier alpha value is -2.31. The van der Waals surface area contributed by atoms with E-state index in [-0.39, 0.29) is 24.7 Å². The largest absolute Gasteiger partial charge is 0.474 e. The van der Waals surface area contributed by atoms with E-state index < -0.39 is 5.92 Å². The van der Waals surface area contributed by atoms with Crippen molar-refractivity contribution >= 4 is 22.9 Å². The number of nitrogens with zero attached hydrogens (tertiary/aromatic N) is 2. The van der Waals surface area contributed by atoms with Crippen LogP contribution in [0, 0.1) is 0 Å². The monoisotopic (exact) mass is 349 g/mol. The molecule has 0 radical (unpaired) electrons. The number of alkyl halides is 2. The minimum atomic E-state index is -2.59. The van der Waals surface area contributed by atoms with Gasteiger partial charge in [0.1, 0.15) is 23.9 Å². The van der Waals surface area contributed by atoms with E-state index in [0.29, 0.717) is 42.6 Å². The number of H-pyrrole nitrogens is 1. The Morgan fingerprint density at radius 1 is 1.40 bits per heavy atom. The predicted molar refractivity (Wildman–Crippen MR) is 90.7 cm³/mol. The van der Waals surface area contributed by atoms with Gasteiger partial charge >= 0.3 is 0 Å². The third-order valence-corrected chi connectivity index (χ3v) is 4.45. The van der Waals surface area contributed by atoms with Crippen LogP contribution in [0.1, 0.15) is 51.0 Å². The molecule has 2 aromatic heterocycles. The molecule has 25 heavy (non-hydrogen) atoms. The molecule has 3 rings (SSSR count). The first-order chi connectivity index (χ1) is 12.0. The van der Waals surface area contributed by atoms with Crippen molar-refractivity contribution in [2.75, 3.05) is 0 Å². The summed E-state index contributed by atoms with van der Waals surface area (Å²) in [5.41, 5.74) is 1.43. The van der Waals surface area contributed by atoms with Gasteiger partial charge in [0, 0.05) is 37.4 Å². The van der Waals surface area contributed by atoms with Crippen LogP contribution in [-0.2, 0) is 4.79 Å². The fraction of sp³-hybridized carbons (Fsp3) is 0.500. The normalized spacial score (nSPS) is 18.0. The maximum atomic E-state index is 13.3. The molecule has 1 N–H and O–H groups in total. The van der Waals surface area contributed by atoms with Crippen LogP contribution in [0.15, 0.2) is 18.6 Å². The van der Waals surface area contributed by atoms with E-state index in [9.17, 15) is 13.6 Å². The Bertz CT molecular complexity index is 776. The molecule has 1 saturated carbocycles. The second-order valence-corrected chi connectivity index (χ2v) is 6.32. The van der Waals surface area contributed by atoms with Crippen molar-refractivity contribution in [1.82, 2.24) is 15.0 Å². The Balaban J connectivity index is 1.79. The highest BCUT2D eigenvalue weighted by molar-refractivity contribution is 5.91. The van der Waals surface area contributed by atoms with Crippen molar-refractivity contribution in [3.63, 3.8) is 0 Å². The number of rotatable bonds is 6. The van der Waals surface area contributed by atoms with Crippen molar-refractivity contribution in [3.05, 3.63) is 24.2 Å². The summed E-state index contributed by atoms with van der Waals surface area (Å²) in [6.45, 7) is 1.83. The molecule has 2 aromatic rings. The lowest BCUT2D eigenvalue weighted by atomic mass is 9.94. The lowest BCUT2D eigenvalue weighted by molar-refractivity contribution is -0.117. The average molecular weight is 349 g/mol. The minimum Gasteiger partial charge on any atom is -0.474 e. The molecule has 2 heterocycles. The fourth-order valence-electron chi connectivity index (χ4n) is 2.93. The smallest absolute Gasteiger partial charge is 0.248 e. The van der Waals surface area contributed by atoms with Crippen molar-refractivity contribution in [2.45, 2.75) is 57.5 Å². The number of ketones is 1. The first-order valence-corrected chi connectivity index (χ1v) is 8.53. The van der Waals surface area contributed by atoms with E-state index in [0.717, 1.165) is 5.56 Å². The van der Waals surface area contributed by atoms with Gasteiger partial charge in [-0.15, -0.1) is 0 Å². The number of aromatic nitrogens is 3. The summed E-state index contributed by atoms with van der Waals surface area (Å²) in [4.78, 5) is 22.8. The van der Waals surface area contributed by atoms with E-state index in [1.807, 2.05) is 13.0 Å². The average Bonchev–Trinajstić information content (AvgIpc) is 3.01. The summed E-state index contributed by atoms with van der Waals surface area (Å²) in [6, 6.07) is 0. The highest BCUT2D eigenvalue weighted by atomic mass is 19.3. The summed E-state index contributed by atoms with van der Waals surface area (Å²) in [5.74, 6) is -2.04. The predicted octanol–water partition coefficient (Wildman–Crippen LogP) is 4.30. The number of aromatic amines is 1. The van der Waals surface area contributed by atoms with Crippen LogP contribution in [0.2, 0.25) is 0 Å². The van der Waals surface area contributed by atoms with Crippen LogP contribution < -0.4 is 4.74 Å². The first-order valence-electron chi connectivity index (χ1n) is 8.53. The van der Waals surface area contributed by atoms with Gasteiger partial charge in [0.15, 0.2) is 0 Å². The molecular weight excluding hydrogens is 328 g/mol. The number of halogens is 2. The van der Waals surface area contributed by atoms with Gasteiger partial charge in [-0.25, -0.2) is 18.7 Å². The lowest BCUT2D eigenvalue weighted by Crippen LogP contribution is -2.31. The van der Waals surface area contributed by atoms with E-state index in [1.165, 1.54) is 6.33 Å². The van der Waals surface area contributed by atoms with Crippen LogP contribution in [-0.4, -0.2) is 32.8 Å². The number of fused-ring (bicyclic) bond motifs is 1. The summed E-state index contributed by atoms with van der Waals surface area (Å²) in [6.07, 6.45) is 7.67. The van der Waals surface area contributed by atoms with E-state index in [2.05, 4.69) is 15.0 Å². The van der Waals surface area contributed by atoms with Crippen LogP contribution in [0.5, 0.6) is 5.88 Å². The molecular formula is C18H21F2N3O2. The number of carbonyl (C=O) groups is 1. The van der Waals surface area contributed by atoms with E-state index in [1.54, 1.807) is 12.3 Å². The molecule has 0 spiro atoms. The fourth-order valence-corrected chi connectivity index (χ4v) is 2.93. The number of hydrogen-bond donors (Lipinski definition) is 1. The zero-order chi connectivity index (χ0) is 17.9. The summed E-state index contributed by atoms with van der Waals surface area (Å²) < 4.78 is 32.5. The summed E-state index contributed by atoms with van der Waals surface area (Å²) >= 11 is 0. The van der Waals surface area contributed by atoms with Crippen LogP contribution in [0.3, 0.4) is 0 Å². The lowest BCUT2D eigenvalue weighted by Gasteiger charge is -2.28. The molecule has 0 amide bonds. The molecule has 0 atom stereocenters. The molecule has 0 saturated heterocycles. The van der Waals surface area contributed by atoms with E-state index >= 15 is 0 Å². The maximum Gasteiger partial charge on any atom is 0.248 e. The number of nitrogens with one attached hydrogen (secondary N) is 1. The third-order valence-electron chi connectivity index (χ3n) is 4.45. The van der Waals surface area contributed by atoms with Gasteiger partial charge in [-0.1, -0.05) is 19.1 Å². The van der Waals surface area contributed by atoms with Gasteiger partial charge in [0.05, 0.1) is 5.39 Å². The first kappa shape index (κ1) is 17.5. The number of hydrogen-bond acceptors (Lipinski definition) is 4. The topological polar surface area (TPSA) is 67.9 Å². The highest BCUT2D eigenvalue weighted by Gasteiger charge is 2.36. The highest BCUT2D eigenvalue weighted by Crippen LogP contribution is 2.36. The molecule has 1 aliphatic rings. The second-order valence-electron chi connectivity index (χ2n) is 6.32. The quantitative estimate of drug-likeness (QED) is 0.844. The molecule has 0 unspecified atom stereocenters. The second kappa shape index (κ2) is 7.29. The van der Waals surface area contributed by atoms with Crippen LogP contribution >= 0.6 is 0 Å². The molecule has 5 nitrogen and oxygen atoms in total. The Kier molecular flexibility index (Phi) is 5.11. The molecule has 0 bridgehead atoms. The maximum absolute atomic E-state index is 13.3. The van der Waals surface area contributed by atoms with Crippen molar-refractivity contribution in [2.24, 2.45) is 0 Å². The van der Waals surface area contributed by atoms with Gasteiger partial charge in [-0.2, -0.15) is 0 Å². The molecule has 0 aromatic carbocycles. The zero-order valence-corrected chi connectivity index (χ0v) is 14.1. The van der Waals surface area contributed by atoms with E-state index in [4.69, 9.17) is 4.74 Å². The van der Waals surface area contributed by atoms with Crippen molar-refractivity contribution < 1.29 is 18.3 Å². The molecule has 7 heteroatoms. The van der Waals surface area contributed by atoms with Gasteiger partial charge in [0.25, 0.3) is 0 Å².